The monoisotopic (exact) mass is 771 g/mol. The Hall–Kier alpha value is -4.74. The summed E-state index contributed by atoms with van der Waals surface area (Å²) in [6.45, 7) is 8.08. The number of halogens is 1. The second-order valence-corrected chi connectivity index (χ2v) is 14.9. The van der Waals surface area contributed by atoms with E-state index >= 15 is 4.39 Å². The van der Waals surface area contributed by atoms with E-state index in [1.807, 2.05) is 111 Å². The van der Waals surface area contributed by atoms with Crippen LogP contribution in [-0.4, -0.2) is 82.1 Å². The largest absolute Gasteiger partial charge is 0.497 e. The van der Waals surface area contributed by atoms with Crippen LogP contribution in [0, 0.1) is 11.3 Å². The summed E-state index contributed by atoms with van der Waals surface area (Å²) in [5.41, 5.74) is 7.96. The maximum Gasteiger partial charge on any atom is 0.259 e. The molecule has 55 heavy (non-hydrogen) atoms. The van der Waals surface area contributed by atoms with E-state index in [1.165, 1.54) is 17.2 Å². The van der Waals surface area contributed by atoms with E-state index in [0.717, 1.165) is 16.7 Å². The van der Waals surface area contributed by atoms with Gasteiger partial charge in [-0.25, -0.2) is 24.0 Å². The lowest BCUT2D eigenvalue weighted by atomic mass is 9.80. The highest BCUT2D eigenvalue weighted by molar-refractivity contribution is 7.44. The number of hydrogen-bond acceptors (Lipinski definition) is 12. The average Bonchev–Trinajstić information content (AvgIpc) is 3.76. The first-order chi connectivity index (χ1) is 26.6. The minimum Gasteiger partial charge on any atom is -0.497 e. The van der Waals surface area contributed by atoms with Gasteiger partial charge in [0, 0.05) is 12.1 Å². The SMILES string of the molecule is COc1ccc(C(OC[C@H]2O[C@@H](n3cnc4c(N)ncnc43)[C@H](F)[C@@H]2OP(OCCC#N)N(C(C)C)C(C)C)(c2ccccc2)c2ccc(OC)cc2)cc1. The van der Waals surface area contributed by atoms with Gasteiger partial charge in [0.05, 0.1) is 46.3 Å². The zero-order chi connectivity index (χ0) is 39.1. The van der Waals surface area contributed by atoms with Crippen molar-refractivity contribution >= 4 is 25.5 Å². The molecule has 3 aromatic carbocycles. The number of anilines is 1. The van der Waals surface area contributed by atoms with Crippen molar-refractivity contribution in [2.45, 2.75) is 76.4 Å². The molecule has 5 aromatic rings. The third-order valence-corrected chi connectivity index (χ3v) is 11.6. The number of nitriles is 1. The fraction of sp³-hybridized carbons (Fsp3) is 0.400. The van der Waals surface area contributed by atoms with Crippen LogP contribution in [0.25, 0.3) is 11.2 Å². The van der Waals surface area contributed by atoms with Crippen molar-refractivity contribution in [1.29, 1.82) is 5.26 Å². The molecule has 0 bridgehead atoms. The van der Waals surface area contributed by atoms with Crippen molar-refractivity contribution < 1.29 is 32.4 Å². The van der Waals surface area contributed by atoms with Gasteiger partial charge in [0.25, 0.3) is 8.53 Å². The van der Waals surface area contributed by atoms with Gasteiger partial charge < -0.3 is 33.7 Å². The van der Waals surface area contributed by atoms with Gasteiger partial charge in [0.2, 0.25) is 0 Å². The summed E-state index contributed by atoms with van der Waals surface area (Å²) in [5.74, 6) is 1.52. The number of benzene rings is 3. The Morgan fingerprint density at radius 3 is 2.07 bits per heavy atom. The fourth-order valence-electron chi connectivity index (χ4n) is 6.91. The Morgan fingerprint density at radius 2 is 1.51 bits per heavy atom. The molecule has 1 saturated heterocycles. The molecule has 3 heterocycles. The molecular formula is C40H47FN7O6P. The Kier molecular flexibility index (Phi) is 12.9. The first-order valence-electron chi connectivity index (χ1n) is 18.1. The smallest absolute Gasteiger partial charge is 0.259 e. The summed E-state index contributed by atoms with van der Waals surface area (Å²) in [6.07, 6.45) is -2.22. The lowest BCUT2D eigenvalue weighted by Gasteiger charge is -2.39. The highest BCUT2D eigenvalue weighted by atomic mass is 31.2. The van der Waals surface area contributed by atoms with Crippen LogP contribution in [0.15, 0.2) is 91.5 Å². The molecule has 1 aliphatic rings. The highest BCUT2D eigenvalue weighted by Crippen LogP contribution is 2.51. The maximum absolute atomic E-state index is 17.3. The Morgan fingerprint density at radius 1 is 0.909 bits per heavy atom. The topological polar surface area (TPSA) is 152 Å². The van der Waals surface area contributed by atoms with Crippen molar-refractivity contribution in [3.63, 3.8) is 0 Å². The van der Waals surface area contributed by atoms with E-state index in [-0.39, 0.29) is 37.5 Å². The summed E-state index contributed by atoms with van der Waals surface area (Å²) < 4.78 is 58.6. The lowest BCUT2D eigenvalue weighted by Crippen LogP contribution is -2.41. The Balaban J connectivity index is 1.46. The molecule has 2 N–H and O–H groups in total. The number of methoxy groups -OCH3 is 2. The number of ether oxygens (including phenoxy) is 4. The van der Waals surface area contributed by atoms with Gasteiger partial charge >= 0.3 is 0 Å². The van der Waals surface area contributed by atoms with E-state index in [9.17, 15) is 5.26 Å². The van der Waals surface area contributed by atoms with Gasteiger partial charge in [0.15, 0.2) is 23.9 Å². The summed E-state index contributed by atoms with van der Waals surface area (Å²) in [5, 5.41) is 9.32. The summed E-state index contributed by atoms with van der Waals surface area (Å²) >= 11 is 0. The number of nitrogen functional groups attached to an aromatic ring is 1. The maximum atomic E-state index is 17.3. The van der Waals surface area contributed by atoms with Crippen molar-refractivity contribution in [3.8, 4) is 17.6 Å². The highest BCUT2D eigenvalue weighted by Gasteiger charge is 2.51. The second kappa shape index (κ2) is 17.8. The quantitative estimate of drug-likeness (QED) is 0.0572. The molecule has 15 heteroatoms. The van der Waals surface area contributed by atoms with Gasteiger partial charge in [-0.2, -0.15) is 5.26 Å². The molecular weight excluding hydrogens is 724 g/mol. The Bertz CT molecular complexity index is 1970. The molecule has 0 aliphatic carbocycles. The van der Waals surface area contributed by atoms with Gasteiger partial charge in [-0.05, 0) is 68.7 Å². The molecule has 0 amide bonds. The normalized spacial score (nSPS) is 19.3. The molecule has 1 aliphatic heterocycles. The molecule has 1 fully saturated rings. The predicted molar refractivity (Wildman–Crippen MR) is 207 cm³/mol. The van der Waals surface area contributed by atoms with Crippen LogP contribution in [0.1, 0.15) is 57.0 Å². The molecule has 0 radical (unpaired) electrons. The minimum atomic E-state index is -1.87. The zero-order valence-electron chi connectivity index (χ0n) is 31.8. The number of rotatable bonds is 17. The molecule has 13 nitrogen and oxygen atoms in total. The molecule has 290 valence electrons. The fourth-order valence-corrected chi connectivity index (χ4v) is 8.68. The molecule has 0 saturated carbocycles. The lowest BCUT2D eigenvalue weighted by molar-refractivity contribution is -0.0919. The number of hydrogen-bond donors (Lipinski definition) is 1. The number of aromatic nitrogens is 4. The molecule has 2 aromatic heterocycles. The molecule has 6 rings (SSSR count). The number of nitrogens with two attached hydrogens (primary N) is 1. The Labute approximate surface area is 322 Å². The van der Waals surface area contributed by atoms with Crippen LogP contribution < -0.4 is 15.2 Å². The number of alkyl halides is 1. The first-order valence-corrected chi connectivity index (χ1v) is 19.2. The number of nitrogens with zero attached hydrogens (tertiary/aromatic N) is 6. The van der Waals surface area contributed by atoms with E-state index in [2.05, 4.69) is 21.0 Å². The van der Waals surface area contributed by atoms with Crippen LogP contribution >= 0.6 is 8.53 Å². The number of imidazole rings is 1. The van der Waals surface area contributed by atoms with Crippen molar-refractivity contribution in [2.24, 2.45) is 0 Å². The van der Waals surface area contributed by atoms with E-state index in [4.69, 9.17) is 33.7 Å². The summed E-state index contributed by atoms with van der Waals surface area (Å²) in [7, 11) is 1.36. The van der Waals surface area contributed by atoms with E-state index < -0.39 is 38.7 Å². The second-order valence-electron chi connectivity index (χ2n) is 13.5. The third kappa shape index (κ3) is 8.28. The van der Waals surface area contributed by atoms with Crippen LogP contribution in [0.5, 0.6) is 11.5 Å². The van der Waals surface area contributed by atoms with Gasteiger partial charge in [-0.15, -0.1) is 0 Å². The van der Waals surface area contributed by atoms with E-state index in [1.54, 1.807) is 14.2 Å². The minimum absolute atomic E-state index is 0.0211. The number of fused-ring (bicyclic) bond motifs is 1. The first kappa shape index (κ1) is 39.9. The van der Waals surface area contributed by atoms with Crippen molar-refractivity contribution in [3.05, 3.63) is 108 Å². The molecule has 1 unspecified atom stereocenters. The van der Waals surface area contributed by atoms with Crippen LogP contribution in [0.4, 0.5) is 10.2 Å². The van der Waals surface area contributed by atoms with Crippen LogP contribution in [0.2, 0.25) is 0 Å². The van der Waals surface area contributed by atoms with E-state index in [0.29, 0.717) is 22.7 Å². The van der Waals surface area contributed by atoms with Gasteiger partial charge in [-0.3, -0.25) is 4.57 Å². The molecule has 0 spiro atoms. The average molecular weight is 772 g/mol. The summed E-state index contributed by atoms with van der Waals surface area (Å²) in [6, 6.07) is 27.2. The molecule has 5 atom stereocenters. The van der Waals surface area contributed by atoms with Gasteiger partial charge in [0.1, 0.15) is 41.2 Å². The van der Waals surface area contributed by atoms with Gasteiger partial charge in [-0.1, -0.05) is 54.6 Å². The summed E-state index contributed by atoms with van der Waals surface area (Å²) in [4.78, 5) is 12.8. The predicted octanol–water partition coefficient (Wildman–Crippen LogP) is 7.33. The van der Waals surface area contributed by atoms with Crippen LogP contribution in [-0.2, 0) is 24.1 Å². The van der Waals surface area contributed by atoms with Crippen molar-refractivity contribution in [1.82, 2.24) is 24.2 Å². The third-order valence-electron chi connectivity index (χ3n) is 9.44. The van der Waals surface area contributed by atoms with Crippen molar-refractivity contribution in [2.75, 3.05) is 33.2 Å². The van der Waals surface area contributed by atoms with Crippen LogP contribution in [0.3, 0.4) is 0 Å². The zero-order valence-corrected chi connectivity index (χ0v) is 32.7. The standard InChI is InChI=1S/C40H47FN7O6P/c1-26(2)48(27(3)4)55(52-22-10-21-42)54-36-33(53-39(34(36)41)47-25-46-35-37(43)44-24-45-38(35)47)23-51-40(28-11-8-7-9-12-28,29-13-17-31(49-5)18-14-29)30-15-19-32(50-6)20-16-30/h7-9,11-20,24-27,33-34,36,39H,10,22-23H2,1-6H3,(H2,43,44,45)/t33-,34-,36-,39-,55?/m1/s1.